The molecule has 0 saturated heterocycles. The number of aromatic nitrogens is 8. The summed E-state index contributed by atoms with van der Waals surface area (Å²) in [7, 11) is 7.43. The normalized spacial score (nSPS) is 11.0. The maximum atomic E-state index is 11.1. The molecule has 0 aliphatic heterocycles. The fourth-order valence-electron chi connectivity index (χ4n) is 9.67. The number of aryl methyl sites for hydroxylation is 4. The van der Waals surface area contributed by atoms with E-state index >= 15 is 0 Å². The average Bonchev–Trinajstić information content (AvgIpc) is 1.76. The summed E-state index contributed by atoms with van der Waals surface area (Å²) in [6, 6.07) is 42.0. The van der Waals surface area contributed by atoms with E-state index < -0.39 is 11.2 Å². The van der Waals surface area contributed by atoms with Gasteiger partial charge in [0.1, 0.15) is 22.6 Å². The molecule has 5 unspecified atom stereocenters. The van der Waals surface area contributed by atoms with Crippen molar-refractivity contribution in [1.82, 2.24) is 38.2 Å². The molecule has 0 amide bonds. The Morgan fingerprint density at radius 1 is 0.342 bits per heavy atom. The molecule has 4 aromatic heterocycles. The fourth-order valence-corrected chi connectivity index (χ4v) is 9.67. The summed E-state index contributed by atoms with van der Waals surface area (Å²) in [5.41, 5.74) is 6.67. The van der Waals surface area contributed by atoms with Crippen LogP contribution in [0.15, 0.2) is 171 Å². The van der Waals surface area contributed by atoms with Gasteiger partial charge in [-0.2, -0.15) is 13.8 Å². The molecule has 5 atom stereocenters. The van der Waals surface area contributed by atoms with Gasteiger partial charge in [-0.15, -0.1) is 10.8 Å². The van der Waals surface area contributed by atoms with E-state index in [1.807, 2.05) is 228 Å². The van der Waals surface area contributed by atoms with Crippen molar-refractivity contribution in [3.05, 3.63) is 229 Å². The van der Waals surface area contributed by atoms with Gasteiger partial charge in [-0.3, -0.25) is 9.59 Å². The van der Waals surface area contributed by atoms with E-state index in [0.717, 1.165) is 11.4 Å². The first-order chi connectivity index (χ1) is 50.2. The molecule has 4 aromatic carbocycles. The van der Waals surface area contributed by atoms with Gasteiger partial charge in [0, 0.05) is 42.0 Å². The maximum Gasteiger partial charge on any atom is 2.00 e. The van der Waals surface area contributed by atoms with Crippen molar-refractivity contribution in [2.24, 2.45) is 45.9 Å². The second kappa shape index (κ2) is 84.9. The van der Waals surface area contributed by atoms with Gasteiger partial charge in [-0.1, -0.05) is 382 Å². The van der Waals surface area contributed by atoms with Gasteiger partial charge in [0.15, 0.2) is 11.6 Å². The molecule has 4 heterocycles. The minimum atomic E-state index is -0.940. The number of carbonyl (C=O) groups excluding carboxylic acids is 2. The number of aliphatic hydroxyl groups is 2. The fraction of sp³-hybridized carbons (Fsp3) is 0.579. The Kier molecular flexibility index (Phi) is 108. The molecule has 0 aliphatic carbocycles. The topological polar surface area (TPSA) is 146 Å². The number of Topliss-reactive ketones (excluding diaryl/α,β-unsaturated/α-hetero) is 2. The van der Waals surface area contributed by atoms with Gasteiger partial charge in [0.05, 0.1) is 61.5 Å². The second-order valence-electron chi connectivity index (χ2n) is 24.2. The van der Waals surface area contributed by atoms with Crippen LogP contribution in [0.5, 0.6) is 0 Å². The van der Waals surface area contributed by atoms with Crippen LogP contribution in [0, 0.1) is 30.6 Å². The van der Waals surface area contributed by atoms with Crippen molar-refractivity contribution >= 4 is 57.7 Å². The molecular weight excluding hydrogens is 1530 g/mol. The largest absolute Gasteiger partial charge is 2.00 e. The number of carbonyl (C=O) groups is 2. The zero-order valence-electron chi connectivity index (χ0n) is 79.5. The summed E-state index contributed by atoms with van der Waals surface area (Å²) in [5, 5.41) is 22.2. The zero-order valence-corrected chi connectivity index (χ0v) is 85.5. The Balaban J connectivity index is -0.0000000735. The van der Waals surface area contributed by atoms with Crippen LogP contribution in [0.3, 0.4) is 0 Å². The Morgan fingerprint density at radius 2 is 0.550 bits per heavy atom. The van der Waals surface area contributed by atoms with E-state index in [2.05, 4.69) is 220 Å². The summed E-state index contributed by atoms with van der Waals surface area (Å²) < 4.78 is 7.18. The molecule has 0 aliphatic rings. The van der Waals surface area contributed by atoms with E-state index in [9.17, 15) is 19.8 Å². The van der Waals surface area contributed by atoms with Crippen molar-refractivity contribution in [3.8, 4) is 0 Å². The molecular formula is C95H174Br2Mg2N8O4. The molecule has 8 rings (SSSR count). The van der Waals surface area contributed by atoms with Crippen molar-refractivity contribution in [1.29, 1.82) is 0 Å². The van der Waals surface area contributed by atoms with Crippen LogP contribution in [0.2, 0.25) is 0 Å². The molecule has 16 heteroatoms. The van der Waals surface area contributed by atoms with E-state index in [0.29, 0.717) is 17.3 Å². The van der Waals surface area contributed by atoms with Crippen molar-refractivity contribution in [2.45, 2.75) is 324 Å². The van der Waals surface area contributed by atoms with Gasteiger partial charge in [0.25, 0.3) is 0 Å². The van der Waals surface area contributed by atoms with Gasteiger partial charge in [-0.05, 0) is 53.6 Å². The molecule has 0 saturated carbocycles. The third kappa shape index (κ3) is 53.4. The number of halogens is 2. The van der Waals surface area contributed by atoms with Gasteiger partial charge < -0.3 is 75.3 Å². The number of ketones is 2. The minimum absolute atomic E-state index is 0. The molecule has 0 bridgehead atoms. The monoisotopic (exact) mass is 1700 g/mol. The van der Waals surface area contributed by atoms with Gasteiger partial charge in [-0.25, -0.2) is 19.9 Å². The first kappa shape index (κ1) is 142. The summed E-state index contributed by atoms with van der Waals surface area (Å²) in [6.07, 6.45) is 17.8. The number of hydrogen-bond acceptors (Lipinski definition) is 8. The van der Waals surface area contributed by atoms with Crippen LogP contribution in [-0.2, 0) is 61.1 Å². The summed E-state index contributed by atoms with van der Waals surface area (Å²) in [4.78, 5) is 37.2. The molecule has 0 radical (unpaired) electrons. The van der Waals surface area contributed by atoms with Crippen molar-refractivity contribution in [3.63, 3.8) is 0 Å². The predicted octanol–water partition coefficient (Wildman–Crippen LogP) is 20.9. The minimum Gasteiger partial charge on any atom is -1.00 e. The quantitative estimate of drug-likeness (QED) is 0.0586. The van der Waals surface area contributed by atoms with Gasteiger partial charge >= 0.3 is 46.1 Å². The molecule has 12 nitrogen and oxygen atoms in total. The van der Waals surface area contributed by atoms with Crippen LogP contribution in [0.4, 0.5) is 0 Å². The standard InChI is InChI=1S/C19H28N2O.C17H24N2O.2C11H15.2C6H8N2O.12C2H6.CH4.2BrH.2Mg/c1-14(18(3,4)16-10-8-7-9-11-16)15(2)19(5,22)17-12-20-13-21(17)6;1-13(16(2,3)14-9-7-6-8-10-14)17(4,20)15-11-18-12-19(15)5;2*1-4-11(2,3)10-8-6-5-7-9-10;2*1-5(9)6-3-7-4-8(6)2;12*1-2;;;;;/h7-15,22H,1-6H3;6-13,20H,1-5H3;2*4-9H,1-3H3;2*3-4H,1-2H3;12*1-2H3;1H4;2*1H;;/q;;2*-1;;;;;;;;;;;;;;;;;;2*+2/p-2. The van der Waals surface area contributed by atoms with Crippen LogP contribution in [0.1, 0.15) is 346 Å². The molecule has 111 heavy (non-hydrogen) atoms. The predicted molar refractivity (Wildman–Crippen MR) is 492 cm³/mol. The van der Waals surface area contributed by atoms with Crippen LogP contribution < -0.4 is 34.0 Å². The van der Waals surface area contributed by atoms with Crippen molar-refractivity contribution < 1.29 is 53.8 Å². The number of nitrogens with zero attached hydrogens (tertiary/aromatic N) is 8. The molecule has 636 valence electrons. The number of rotatable bonds is 15. The van der Waals surface area contributed by atoms with Crippen molar-refractivity contribution in [2.75, 3.05) is 0 Å². The number of hydrogen-bond donors (Lipinski definition) is 2. The van der Waals surface area contributed by atoms with Gasteiger partial charge in [0.2, 0.25) is 0 Å². The third-order valence-electron chi connectivity index (χ3n) is 17.2. The Hall–Kier alpha value is -4.53. The van der Waals surface area contributed by atoms with Crippen LogP contribution in [0.25, 0.3) is 0 Å². The number of benzene rings is 4. The smallest absolute Gasteiger partial charge is 1.00 e. The Labute approximate surface area is 742 Å². The summed E-state index contributed by atoms with van der Waals surface area (Å²) in [5.74, 6) is 0.510. The molecule has 8 aromatic rings. The average molecular weight is 1700 g/mol. The van der Waals surface area contributed by atoms with Crippen LogP contribution in [-0.4, -0.2) is 106 Å². The van der Waals surface area contributed by atoms with E-state index in [4.69, 9.17) is 0 Å². The number of imidazole rings is 4. The molecule has 0 fully saturated rings. The first-order valence-corrected chi connectivity index (χ1v) is 40.4. The summed E-state index contributed by atoms with van der Waals surface area (Å²) in [6.45, 7) is 83.2. The maximum absolute atomic E-state index is 11.1. The third-order valence-corrected chi connectivity index (χ3v) is 17.2. The Bertz CT molecular complexity index is 3040. The van der Waals surface area contributed by atoms with E-state index in [-0.39, 0.29) is 133 Å². The first-order valence-electron chi connectivity index (χ1n) is 40.4. The zero-order chi connectivity index (χ0) is 85.9. The second-order valence-corrected chi connectivity index (χ2v) is 24.2. The molecule has 0 spiro atoms. The Morgan fingerprint density at radius 3 is 0.739 bits per heavy atom. The van der Waals surface area contributed by atoms with E-state index in [1.165, 1.54) is 36.1 Å². The van der Waals surface area contributed by atoms with E-state index in [1.54, 1.807) is 73.3 Å². The molecule has 2 N–H and O–H groups in total. The summed E-state index contributed by atoms with van der Waals surface area (Å²) >= 11 is 0. The van der Waals surface area contributed by atoms with Crippen LogP contribution >= 0.6 is 0 Å². The SMILES string of the molecule is C.CC.CC.CC.CC.CC.CC.CC.CC.CC.CC.CC.CC.CC(=O)c1cncn1C.CC(=O)c1cncn1C.CC(C(C)(C)c1ccccc1)C(C)(O)c1cncn1C.CC(C(C)C(C)(O)c1cncn1C)C(C)(C)c1ccccc1.C[CH-]C(C)(C)c1ccccc1.C[CH-]C(C)(C)c1ccccc1.[Br-].[Br-].[Mg+2].[Mg+2].